The predicted octanol–water partition coefficient (Wildman–Crippen LogP) is 2.66. The summed E-state index contributed by atoms with van der Waals surface area (Å²) in [5.41, 5.74) is 1.18. The Hall–Kier alpha value is -0.380. The summed E-state index contributed by atoms with van der Waals surface area (Å²) in [5.74, 6) is 0. The third-order valence-corrected chi connectivity index (χ3v) is 3.83. The van der Waals surface area contributed by atoms with Crippen molar-refractivity contribution in [2.24, 2.45) is 0 Å². The number of aryl methyl sites for hydroxylation is 1. The van der Waals surface area contributed by atoms with E-state index in [2.05, 4.69) is 0 Å². The lowest BCUT2D eigenvalue weighted by molar-refractivity contribution is -0.0622. The van der Waals surface area contributed by atoms with Crippen molar-refractivity contribution in [3.05, 3.63) is 21.9 Å². The molecule has 2 heterocycles. The van der Waals surface area contributed by atoms with E-state index in [0.29, 0.717) is 0 Å². The summed E-state index contributed by atoms with van der Waals surface area (Å²) in [6.07, 6.45) is 2.88. The molecule has 1 aromatic heterocycles. The third kappa shape index (κ3) is 2.00. The molecule has 1 N–H and O–H groups in total. The highest BCUT2D eigenvalue weighted by atomic mass is 32.1. The maximum atomic E-state index is 10.1. The molecule has 1 fully saturated rings. The maximum Gasteiger partial charge on any atom is 0.114 e. The average molecular weight is 212 g/mol. The van der Waals surface area contributed by atoms with Crippen LogP contribution in [0.1, 0.15) is 35.8 Å². The number of aliphatic hydroxyl groups excluding tert-OH is 1. The Kier molecular flexibility index (Phi) is 3.21. The third-order valence-electron chi connectivity index (χ3n) is 2.74. The zero-order valence-corrected chi connectivity index (χ0v) is 9.22. The van der Waals surface area contributed by atoms with Crippen LogP contribution in [0, 0.1) is 6.92 Å². The fourth-order valence-electron chi connectivity index (χ4n) is 1.87. The Balaban J connectivity index is 2.07. The summed E-state index contributed by atoms with van der Waals surface area (Å²) < 4.78 is 5.58. The molecule has 2 unspecified atom stereocenters. The van der Waals surface area contributed by atoms with Crippen molar-refractivity contribution in [3.8, 4) is 0 Å². The fraction of sp³-hybridized carbons (Fsp3) is 0.636. The number of thiophene rings is 1. The molecule has 14 heavy (non-hydrogen) atoms. The summed E-state index contributed by atoms with van der Waals surface area (Å²) in [6, 6.07) is 2.05. The largest absolute Gasteiger partial charge is 0.385 e. The standard InChI is InChI=1S/C11H16O2S/c1-8-5-7-14-11(8)10(12)9-4-2-3-6-13-9/h5,7,9-10,12H,2-4,6H2,1H3. The summed E-state index contributed by atoms with van der Waals surface area (Å²) >= 11 is 1.62. The van der Waals surface area contributed by atoms with Crippen LogP contribution in [-0.2, 0) is 4.74 Å². The van der Waals surface area contributed by atoms with E-state index in [1.165, 1.54) is 12.0 Å². The first-order valence-electron chi connectivity index (χ1n) is 5.12. The Bertz CT molecular complexity index is 289. The maximum absolute atomic E-state index is 10.1. The smallest absolute Gasteiger partial charge is 0.114 e. The number of aliphatic hydroxyl groups is 1. The number of rotatable bonds is 2. The zero-order chi connectivity index (χ0) is 9.97. The van der Waals surface area contributed by atoms with E-state index in [0.717, 1.165) is 24.3 Å². The molecule has 1 aliphatic rings. The minimum absolute atomic E-state index is 0.0149. The molecule has 0 amide bonds. The first-order valence-corrected chi connectivity index (χ1v) is 6.00. The average Bonchev–Trinajstić information content (AvgIpc) is 2.65. The van der Waals surface area contributed by atoms with Gasteiger partial charge < -0.3 is 9.84 Å². The molecule has 0 aliphatic carbocycles. The van der Waals surface area contributed by atoms with E-state index in [4.69, 9.17) is 4.74 Å². The minimum Gasteiger partial charge on any atom is -0.385 e. The molecule has 1 aliphatic heterocycles. The molecule has 2 atom stereocenters. The zero-order valence-electron chi connectivity index (χ0n) is 8.40. The van der Waals surface area contributed by atoms with E-state index >= 15 is 0 Å². The van der Waals surface area contributed by atoms with Crippen LogP contribution >= 0.6 is 11.3 Å². The van der Waals surface area contributed by atoms with Crippen LogP contribution in [0.2, 0.25) is 0 Å². The van der Waals surface area contributed by atoms with Gasteiger partial charge in [0.25, 0.3) is 0 Å². The van der Waals surface area contributed by atoms with Gasteiger partial charge in [0.15, 0.2) is 0 Å². The predicted molar refractivity (Wildman–Crippen MR) is 57.6 cm³/mol. The fourth-order valence-corrected chi connectivity index (χ4v) is 2.83. The quantitative estimate of drug-likeness (QED) is 0.816. The lowest BCUT2D eigenvalue weighted by atomic mass is 10.0. The molecule has 3 heteroatoms. The van der Waals surface area contributed by atoms with Gasteiger partial charge in [-0.15, -0.1) is 11.3 Å². The monoisotopic (exact) mass is 212 g/mol. The van der Waals surface area contributed by atoms with Crippen molar-refractivity contribution in [1.82, 2.24) is 0 Å². The Morgan fingerprint density at radius 1 is 1.57 bits per heavy atom. The molecule has 1 saturated heterocycles. The van der Waals surface area contributed by atoms with Crippen molar-refractivity contribution in [1.29, 1.82) is 0 Å². The van der Waals surface area contributed by atoms with Crippen molar-refractivity contribution >= 4 is 11.3 Å². The molecular formula is C11H16O2S. The lowest BCUT2D eigenvalue weighted by Crippen LogP contribution is -2.26. The van der Waals surface area contributed by atoms with Gasteiger partial charge in [0, 0.05) is 11.5 Å². The molecule has 2 rings (SSSR count). The SMILES string of the molecule is Cc1ccsc1C(O)C1CCCCO1. The van der Waals surface area contributed by atoms with Crippen molar-refractivity contribution in [2.45, 2.75) is 38.4 Å². The topological polar surface area (TPSA) is 29.5 Å². The van der Waals surface area contributed by atoms with E-state index in [-0.39, 0.29) is 6.10 Å². The summed E-state index contributed by atoms with van der Waals surface area (Å²) in [5, 5.41) is 12.1. The second-order valence-corrected chi connectivity index (χ2v) is 4.77. The Morgan fingerprint density at radius 3 is 3.00 bits per heavy atom. The Morgan fingerprint density at radius 2 is 2.43 bits per heavy atom. The van der Waals surface area contributed by atoms with Gasteiger partial charge in [-0.2, -0.15) is 0 Å². The van der Waals surface area contributed by atoms with Gasteiger partial charge in [0.05, 0.1) is 6.10 Å². The van der Waals surface area contributed by atoms with E-state index in [1.807, 2.05) is 18.4 Å². The van der Waals surface area contributed by atoms with Crippen LogP contribution in [0.4, 0.5) is 0 Å². The molecule has 2 nitrogen and oxygen atoms in total. The summed E-state index contributed by atoms with van der Waals surface area (Å²) in [6.45, 7) is 2.84. The van der Waals surface area contributed by atoms with Crippen LogP contribution < -0.4 is 0 Å². The Labute approximate surface area is 88.5 Å². The molecule has 0 radical (unpaired) electrons. The van der Waals surface area contributed by atoms with Crippen LogP contribution in [0.3, 0.4) is 0 Å². The highest BCUT2D eigenvalue weighted by Crippen LogP contribution is 2.31. The number of hydrogen-bond acceptors (Lipinski definition) is 3. The summed E-state index contributed by atoms with van der Waals surface area (Å²) in [7, 11) is 0. The van der Waals surface area contributed by atoms with Crippen LogP contribution in [0.15, 0.2) is 11.4 Å². The molecular weight excluding hydrogens is 196 g/mol. The van der Waals surface area contributed by atoms with Gasteiger partial charge in [0.2, 0.25) is 0 Å². The van der Waals surface area contributed by atoms with E-state index < -0.39 is 6.10 Å². The normalized spacial score (nSPS) is 24.9. The number of ether oxygens (including phenoxy) is 1. The van der Waals surface area contributed by atoms with E-state index in [1.54, 1.807) is 11.3 Å². The molecule has 1 aromatic rings. The first-order chi connectivity index (χ1) is 6.79. The van der Waals surface area contributed by atoms with Crippen LogP contribution in [0.5, 0.6) is 0 Å². The van der Waals surface area contributed by atoms with Gasteiger partial charge in [0.1, 0.15) is 6.10 Å². The van der Waals surface area contributed by atoms with Crippen molar-refractivity contribution in [2.75, 3.05) is 6.61 Å². The molecule has 0 aromatic carbocycles. The van der Waals surface area contributed by atoms with Crippen LogP contribution in [0.25, 0.3) is 0 Å². The molecule has 0 bridgehead atoms. The number of hydrogen-bond donors (Lipinski definition) is 1. The first kappa shape index (κ1) is 10.1. The van der Waals surface area contributed by atoms with Gasteiger partial charge in [-0.3, -0.25) is 0 Å². The van der Waals surface area contributed by atoms with Gasteiger partial charge in [-0.05, 0) is 43.2 Å². The minimum atomic E-state index is -0.421. The molecule has 78 valence electrons. The van der Waals surface area contributed by atoms with Crippen LogP contribution in [-0.4, -0.2) is 17.8 Å². The highest BCUT2D eigenvalue weighted by Gasteiger charge is 2.25. The van der Waals surface area contributed by atoms with Gasteiger partial charge in [-0.1, -0.05) is 0 Å². The second-order valence-electron chi connectivity index (χ2n) is 3.82. The lowest BCUT2D eigenvalue weighted by Gasteiger charge is -2.26. The van der Waals surface area contributed by atoms with Gasteiger partial charge in [-0.25, -0.2) is 0 Å². The van der Waals surface area contributed by atoms with Gasteiger partial charge >= 0.3 is 0 Å². The van der Waals surface area contributed by atoms with Crippen molar-refractivity contribution < 1.29 is 9.84 Å². The highest BCUT2D eigenvalue weighted by molar-refractivity contribution is 7.10. The summed E-state index contributed by atoms with van der Waals surface area (Å²) in [4.78, 5) is 1.07. The molecule has 0 spiro atoms. The second kappa shape index (κ2) is 4.43. The molecule has 0 saturated carbocycles. The van der Waals surface area contributed by atoms with E-state index in [9.17, 15) is 5.11 Å². The van der Waals surface area contributed by atoms with Crippen molar-refractivity contribution in [3.63, 3.8) is 0 Å².